The molecule has 0 aliphatic carbocycles. The third kappa shape index (κ3) is 5.94. The molecule has 1 aromatic carbocycles. The van der Waals surface area contributed by atoms with Gasteiger partial charge >= 0.3 is 4.87 Å². The maximum absolute atomic E-state index is 15.0. The molecule has 0 spiro atoms. The molecule has 43 heavy (non-hydrogen) atoms. The van der Waals surface area contributed by atoms with Crippen molar-refractivity contribution in [1.82, 2.24) is 39.7 Å². The summed E-state index contributed by atoms with van der Waals surface area (Å²) < 4.78 is 24.0. The average molecular weight is 611 g/mol. The lowest BCUT2D eigenvalue weighted by molar-refractivity contribution is 0.0953. The van der Waals surface area contributed by atoms with E-state index in [4.69, 9.17) is 15.3 Å². The predicted octanol–water partition coefficient (Wildman–Crippen LogP) is 0.616. The van der Waals surface area contributed by atoms with Crippen molar-refractivity contribution >= 4 is 44.9 Å². The maximum atomic E-state index is 15.0. The fourth-order valence-corrected chi connectivity index (χ4v) is 6.00. The summed E-state index contributed by atoms with van der Waals surface area (Å²) in [6.07, 6.45) is 1.53. The minimum absolute atomic E-state index is 0.0242. The summed E-state index contributed by atoms with van der Waals surface area (Å²) in [5.41, 5.74) is 7.80. The monoisotopic (exact) mass is 610 g/mol. The molecular formula is C27H31FN10O4S. The third-order valence-corrected chi connectivity index (χ3v) is 8.26. The summed E-state index contributed by atoms with van der Waals surface area (Å²) in [5.74, 6) is 0.162. The Balaban J connectivity index is 1.07. The van der Waals surface area contributed by atoms with Gasteiger partial charge in [0.15, 0.2) is 17.1 Å². The average Bonchev–Trinajstić information content (AvgIpc) is 3.76. The second kappa shape index (κ2) is 12.5. The topological polar surface area (TPSA) is 172 Å². The van der Waals surface area contributed by atoms with Crippen LogP contribution in [0.4, 0.5) is 16.0 Å². The van der Waals surface area contributed by atoms with Gasteiger partial charge in [0.2, 0.25) is 11.8 Å². The van der Waals surface area contributed by atoms with E-state index in [9.17, 15) is 14.0 Å². The Hall–Kier alpha value is -4.38. The van der Waals surface area contributed by atoms with Crippen LogP contribution in [-0.4, -0.2) is 99.0 Å². The van der Waals surface area contributed by atoms with Crippen LogP contribution in [0.1, 0.15) is 10.4 Å². The highest BCUT2D eigenvalue weighted by Crippen LogP contribution is 2.26. The van der Waals surface area contributed by atoms with Crippen molar-refractivity contribution in [3.05, 3.63) is 57.6 Å². The highest BCUT2D eigenvalue weighted by Gasteiger charge is 2.23. The number of halogens is 1. The zero-order valence-electron chi connectivity index (χ0n) is 23.2. The molecule has 5 heterocycles. The first-order valence-electron chi connectivity index (χ1n) is 13.9. The number of carbonyl (C=O) groups excluding carboxylic acids is 1. The van der Waals surface area contributed by atoms with Crippen LogP contribution in [0.5, 0.6) is 0 Å². The Kier molecular flexibility index (Phi) is 8.33. The molecule has 1 amide bonds. The number of fused-ring (bicyclic) bond motifs is 3. The molecule has 6 rings (SSSR count). The summed E-state index contributed by atoms with van der Waals surface area (Å²) in [4.78, 5) is 38.3. The van der Waals surface area contributed by atoms with Gasteiger partial charge in [-0.1, -0.05) is 11.3 Å². The predicted molar refractivity (Wildman–Crippen MR) is 160 cm³/mol. The highest BCUT2D eigenvalue weighted by molar-refractivity contribution is 7.17. The number of nitrogens with zero attached hydrogens (tertiary/aromatic N) is 7. The van der Waals surface area contributed by atoms with E-state index >= 15 is 0 Å². The Morgan fingerprint density at radius 2 is 1.93 bits per heavy atom. The van der Waals surface area contributed by atoms with Crippen molar-refractivity contribution in [3.63, 3.8) is 0 Å². The quantitative estimate of drug-likeness (QED) is 0.155. The van der Waals surface area contributed by atoms with Crippen LogP contribution in [0.3, 0.4) is 0 Å². The van der Waals surface area contributed by atoms with Crippen LogP contribution in [0.2, 0.25) is 0 Å². The fourth-order valence-electron chi connectivity index (χ4n) is 5.06. The summed E-state index contributed by atoms with van der Waals surface area (Å²) in [7, 11) is 0. The van der Waals surface area contributed by atoms with E-state index in [1.807, 2.05) is 4.90 Å². The standard InChI is InChI=1S/C27H31FN10O4S/c28-18-16-17(25(40)31-6-5-30-7-14-39)3-4-19(18)36-11-8-35(9-12-36)10-13-37-23-21(43-27(37)41)24-32-22(20-2-1-15-42-20)34-38(24)26(29)33-23/h1-4,15-16,30,39H,5-14H2,(H2,29,33)(H,31,40). The van der Waals surface area contributed by atoms with Gasteiger partial charge in [-0.3, -0.25) is 19.1 Å². The second-order valence-electron chi connectivity index (χ2n) is 10.0. The zero-order chi connectivity index (χ0) is 29.9. The van der Waals surface area contributed by atoms with Crippen molar-refractivity contribution in [3.8, 4) is 11.6 Å². The van der Waals surface area contributed by atoms with Crippen molar-refractivity contribution in [2.24, 2.45) is 0 Å². The molecule has 0 radical (unpaired) electrons. The van der Waals surface area contributed by atoms with E-state index in [0.29, 0.717) is 92.2 Å². The molecule has 0 unspecified atom stereocenters. The number of hydrogen-bond donors (Lipinski definition) is 4. The summed E-state index contributed by atoms with van der Waals surface area (Å²) in [6, 6.07) is 8.00. The van der Waals surface area contributed by atoms with Gasteiger partial charge in [-0.15, -0.1) is 5.10 Å². The number of benzene rings is 1. The number of nitrogen functional groups attached to an aromatic ring is 1. The Morgan fingerprint density at radius 1 is 1.09 bits per heavy atom. The van der Waals surface area contributed by atoms with E-state index in [-0.39, 0.29) is 28.9 Å². The Labute approximate surface area is 248 Å². The van der Waals surface area contributed by atoms with Gasteiger partial charge in [-0.2, -0.15) is 9.50 Å². The number of aliphatic hydroxyl groups excluding tert-OH is 1. The van der Waals surface area contributed by atoms with Crippen molar-refractivity contribution in [2.75, 3.05) is 69.6 Å². The number of anilines is 2. The molecule has 226 valence electrons. The SMILES string of the molecule is Nc1nc2c(sc(=O)n2CCN2CCN(c3ccc(C(=O)NCCNCCO)cc3F)CC2)c2nc(-c3ccco3)nn12. The van der Waals surface area contributed by atoms with Gasteiger partial charge in [0, 0.05) is 64.5 Å². The first kappa shape index (κ1) is 28.7. The number of carbonyl (C=O) groups is 1. The summed E-state index contributed by atoms with van der Waals surface area (Å²) in [6.45, 7) is 4.92. The lowest BCUT2D eigenvalue weighted by Crippen LogP contribution is -2.47. The summed E-state index contributed by atoms with van der Waals surface area (Å²) in [5, 5.41) is 18.9. The van der Waals surface area contributed by atoms with Crippen LogP contribution < -0.4 is 26.1 Å². The Bertz CT molecular complexity index is 1790. The molecule has 0 bridgehead atoms. The number of amides is 1. The molecule has 5 N–H and O–H groups in total. The molecule has 16 heteroatoms. The normalized spacial score (nSPS) is 14.2. The van der Waals surface area contributed by atoms with E-state index in [0.717, 1.165) is 11.3 Å². The molecule has 1 fully saturated rings. The van der Waals surface area contributed by atoms with Gasteiger partial charge in [-0.25, -0.2) is 9.37 Å². The van der Waals surface area contributed by atoms with Crippen molar-refractivity contribution in [2.45, 2.75) is 6.54 Å². The zero-order valence-corrected chi connectivity index (χ0v) is 24.0. The van der Waals surface area contributed by atoms with Crippen LogP contribution in [0.25, 0.3) is 27.6 Å². The van der Waals surface area contributed by atoms with Crippen LogP contribution in [-0.2, 0) is 6.54 Å². The summed E-state index contributed by atoms with van der Waals surface area (Å²) >= 11 is 1.05. The van der Waals surface area contributed by atoms with Crippen molar-refractivity contribution in [1.29, 1.82) is 0 Å². The smallest absolute Gasteiger partial charge is 0.309 e. The van der Waals surface area contributed by atoms with Crippen LogP contribution in [0, 0.1) is 5.82 Å². The molecule has 1 saturated heterocycles. The number of aliphatic hydroxyl groups is 1. The number of nitrogens with two attached hydrogens (primary N) is 1. The molecule has 1 aliphatic heterocycles. The van der Waals surface area contributed by atoms with E-state index < -0.39 is 5.82 Å². The molecule has 14 nitrogen and oxygen atoms in total. The molecule has 0 saturated carbocycles. The first-order valence-corrected chi connectivity index (χ1v) is 14.7. The van der Waals surface area contributed by atoms with Gasteiger partial charge in [-0.05, 0) is 30.3 Å². The molecule has 4 aromatic heterocycles. The molecule has 0 atom stereocenters. The van der Waals surface area contributed by atoms with E-state index in [2.05, 4.69) is 30.6 Å². The first-order chi connectivity index (χ1) is 20.9. The molecule has 1 aliphatic rings. The number of hydrogen-bond acceptors (Lipinski definition) is 12. The largest absolute Gasteiger partial charge is 0.461 e. The fraction of sp³-hybridized carbons (Fsp3) is 0.370. The molecule has 5 aromatic rings. The highest BCUT2D eigenvalue weighted by atomic mass is 32.1. The number of nitrogens with one attached hydrogen (secondary N) is 2. The molecular weight excluding hydrogens is 579 g/mol. The number of furan rings is 1. The lowest BCUT2D eigenvalue weighted by Gasteiger charge is -2.36. The van der Waals surface area contributed by atoms with E-state index in [1.165, 1.54) is 16.8 Å². The second-order valence-corrected chi connectivity index (χ2v) is 11.0. The van der Waals surface area contributed by atoms with E-state index in [1.54, 1.807) is 28.8 Å². The minimum Gasteiger partial charge on any atom is -0.461 e. The maximum Gasteiger partial charge on any atom is 0.309 e. The van der Waals surface area contributed by atoms with Gasteiger partial charge in [0.05, 0.1) is 18.6 Å². The number of piperazine rings is 1. The lowest BCUT2D eigenvalue weighted by atomic mass is 10.1. The van der Waals surface area contributed by atoms with Gasteiger partial charge < -0.3 is 30.8 Å². The van der Waals surface area contributed by atoms with Crippen LogP contribution >= 0.6 is 11.3 Å². The minimum atomic E-state index is -0.450. The number of rotatable bonds is 11. The Morgan fingerprint density at radius 3 is 2.67 bits per heavy atom. The number of aromatic nitrogens is 5. The number of thiazole rings is 1. The van der Waals surface area contributed by atoms with Crippen LogP contribution in [0.15, 0.2) is 45.8 Å². The van der Waals surface area contributed by atoms with Gasteiger partial charge in [0.25, 0.3) is 5.91 Å². The third-order valence-electron chi connectivity index (χ3n) is 7.30. The van der Waals surface area contributed by atoms with Crippen molar-refractivity contribution < 1.29 is 18.7 Å². The van der Waals surface area contributed by atoms with Gasteiger partial charge in [0.1, 0.15) is 10.5 Å².